The number of benzene rings is 1. The largest absolute Gasteiger partial charge is 0.330 e. The summed E-state index contributed by atoms with van der Waals surface area (Å²) in [7, 11) is 0. The third-order valence-electron chi connectivity index (χ3n) is 6.37. The number of amides is 4. The number of nitrogens with zero attached hydrogens (tertiary/aromatic N) is 4. The van der Waals surface area contributed by atoms with Crippen LogP contribution in [0.4, 0.5) is 10.5 Å². The molecule has 4 amide bonds. The molecule has 0 atom stereocenters. The molecule has 1 aromatic heterocycles. The summed E-state index contributed by atoms with van der Waals surface area (Å²) in [5.41, 5.74) is 3.87. The lowest BCUT2D eigenvalue weighted by atomic mass is 10.0. The molecule has 8 heteroatoms. The van der Waals surface area contributed by atoms with Crippen molar-refractivity contribution in [2.45, 2.75) is 39.3 Å². The minimum absolute atomic E-state index is 0.0193. The highest BCUT2D eigenvalue weighted by molar-refractivity contribution is 6.35. The number of aryl methyl sites for hydroxylation is 2. The number of hydrogen-bond donors (Lipinski definition) is 1. The summed E-state index contributed by atoms with van der Waals surface area (Å²) in [6, 6.07) is 11.3. The van der Waals surface area contributed by atoms with Gasteiger partial charge in [-0.05, 0) is 62.1 Å². The maximum atomic E-state index is 12.8. The van der Waals surface area contributed by atoms with E-state index >= 15 is 0 Å². The van der Waals surface area contributed by atoms with Gasteiger partial charge in [-0.1, -0.05) is 12.1 Å². The fourth-order valence-electron chi connectivity index (χ4n) is 4.28. The molecule has 2 aromatic rings. The lowest BCUT2D eigenvalue weighted by molar-refractivity contribution is -0.158. The minimum atomic E-state index is -0.475. The van der Waals surface area contributed by atoms with Gasteiger partial charge in [-0.15, -0.1) is 0 Å². The average Bonchev–Trinajstić information content (AvgIpc) is 2.80. The van der Waals surface area contributed by atoms with Gasteiger partial charge in [0, 0.05) is 44.1 Å². The number of nitrogens with one attached hydrogen (secondary N) is 1. The van der Waals surface area contributed by atoms with E-state index in [-0.39, 0.29) is 12.1 Å². The molecule has 3 heterocycles. The lowest BCUT2D eigenvalue weighted by Crippen LogP contribution is -2.59. The van der Waals surface area contributed by atoms with E-state index in [0.717, 1.165) is 16.9 Å². The molecule has 2 aliphatic heterocycles. The Morgan fingerprint density at radius 2 is 1.78 bits per heavy atom. The van der Waals surface area contributed by atoms with Crippen LogP contribution in [0.2, 0.25) is 0 Å². The summed E-state index contributed by atoms with van der Waals surface area (Å²) in [5.74, 6) is -0.929. The van der Waals surface area contributed by atoms with Crippen LogP contribution in [0, 0.1) is 13.8 Å². The summed E-state index contributed by atoms with van der Waals surface area (Å²) in [5, 5.41) is 2.96. The van der Waals surface area contributed by atoms with Crippen molar-refractivity contribution in [1.29, 1.82) is 0 Å². The molecule has 32 heavy (non-hydrogen) atoms. The third-order valence-corrected chi connectivity index (χ3v) is 6.37. The Morgan fingerprint density at radius 3 is 2.47 bits per heavy atom. The summed E-state index contributed by atoms with van der Waals surface area (Å²) in [6.07, 6.45) is 3.01. The van der Waals surface area contributed by atoms with Crippen LogP contribution in [0.5, 0.6) is 0 Å². The van der Waals surface area contributed by atoms with E-state index in [2.05, 4.69) is 10.3 Å². The Morgan fingerprint density at radius 1 is 1.00 bits per heavy atom. The first-order valence-electron chi connectivity index (χ1n) is 11.1. The fraction of sp³-hybridized carbons (Fsp3) is 0.417. The molecular weight excluding hydrogens is 406 g/mol. The molecule has 0 unspecified atom stereocenters. The van der Waals surface area contributed by atoms with Crippen LogP contribution in [0.25, 0.3) is 0 Å². The molecule has 1 aromatic carbocycles. The number of carbonyl (C=O) groups is 3. The van der Waals surface area contributed by atoms with Gasteiger partial charge in [0.15, 0.2) is 0 Å². The van der Waals surface area contributed by atoms with E-state index in [1.165, 1.54) is 5.56 Å². The highest BCUT2D eigenvalue weighted by Crippen LogP contribution is 2.21. The highest BCUT2D eigenvalue weighted by atomic mass is 16.2. The standard InChI is InChI=1S/C24H29N5O3/c1-17-6-7-19(15-18(17)2)26-24(32)27-11-8-21(9-12-27)29-14-13-28(22(30)23(29)31)16-20-5-3-4-10-25-20/h3-7,10,15,21H,8-9,11-14,16H2,1-2H3,(H,26,32). The van der Waals surface area contributed by atoms with Crippen molar-refractivity contribution in [2.24, 2.45) is 0 Å². The number of carbonyl (C=O) groups excluding carboxylic acids is 3. The predicted octanol–water partition coefficient (Wildman–Crippen LogP) is 2.57. The number of likely N-dealkylation sites (tertiary alicyclic amines) is 1. The van der Waals surface area contributed by atoms with Crippen molar-refractivity contribution in [3.05, 3.63) is 59.4 Å². The van der Waals surface area contributed by atoms with E-state index in [1.807, 2.05) is 50.2 Å². The van der Waals surface area contributed by atoms with Crippen molar-refractivity contribution < 1.29 is 14.4 Å². The second-order valence-corrected chi connectivity index (χ2v) is 8.49. The van der Waals surface area contributed by atoms with Gasteiger partial charge in [0.25, 0.3) is 0 Å². The molecule has 2 fully saturated rings. The first-order chi connectivity index (χ1) is 15.4. The van der Waals surface area contributed by atoms with Gasteiger partial charge in [0.2, 0.25) is 0 Å². The summed E-state index contributed by atoms with van der Waals surface area (Å²) < 4.78 is 0. The number of pyridine rings is 1. The van der Waals surface area contributed by atoms with Crippen molar-refractivity contribution in [3.8, 4) is 0 Å². The number of rotatable bonds is 4. The number of piperazine rings is 1. The Hall–Kier alpha value is -3.42. The number of hydrogen-bond acceptors (Lipinski definition) is 4. The number of anilines is 1. The quantitative estimate of drug-likeness (QED) is 0.748. The van der Waals surface area contributed by atoms with E-state index in [9.17, 15) is 14.4 Å². The molecule has 0 bridgehead atoms. The molecule has 0 aliphatic carbocycles. The van der Waals surface area contributed by atoms with Gasteiger partial charge in [0.1, 0.15) is 0 Å². The van der Waals surface area contributed by atoms with Crippen LogP contribution >= 0.6 is 0 Å². The second-order valence-electron chi connectivity index (χ2n) is 8.49. The summed E-state index contributed by atoms with van der Waals surface area (Å²) in [4.78, 5) is 47.3. The monoisotopic (exact) mass is 435 g/mol. The van der Waals surface area contributed by atoms with E-state index in [0.29, 0.717) is 45.6 Å². The van der Waals surface area contributed by atoms with Crippen molar-refractivity contribution in [3.63, 3.8) is 0 Å². The van der Waals surface area contributed by atoms with E-state index in [4.69, 9.17) is 0 Å². The highest BCUT2D eigenvalue weighted by Gasteiger charge is 2.38. The maximum Gasteiger partial charge on any atom is 0.321 e. The number of piperidine rings is 1. The topological polar surface area (TPSA) is 85.8 Å². The molecular formula is C24H29N5O3. The van der Waals surface area contributed by atoms with Crippen LogP contribution < -0.4 is 5.32 Å². The van der Waals surface area contributed by atoms with Crippen molar-refractivity contribution in [1.82, 2.24) is 19.7 Å². The van der Waals surface area contributed by atoms with Gasteiger partial charge in [-0.25, -0.2) is 4.79 Å². The average molecular weight is 436 g/mol. The molecule has 0 radical (unpaired) electrons. The molecule has 0 spiro atoms. The van der Waals surface area contributed by atoms with Crippen LogP contribution in [-0.2, 0) is 16.1 Å². The maximum absolute atomic E-state index is 12.8. The van der Waals surface area contributed by atoms with Gasteiger partial charge < -0.3 is 20.0 Å². The second kappa shape index (κ2) is 9.38. The summed E-state index contributed by atoms with van der Waals surface area (Å²) in [6.45, 7) is 6.51. The Kier molecular flexibility index (Phi) is 6.39. The lowest BCUT2D eigenvalue weighted by Gasteiger charge is -2.42. The predicted molar refractivity (Wildman–Crippen MR) is 121 cm³/mol. The zero-order valence-corrected chi connectivity index (χ0v) is 18.6. The normalized spacial score (nSPS) is 17.6. The molecule has 1 N–H and O–H groups in total. The number of urea groups is 1. The van der Waals surface area contributed by atoms with E-state index in [1.54, 1.807) is 20.9 Å². The Bertz CT molecular complexity index is 1000. The Labute approximate surface area is 188 Å². The van der Waals surface area contributed by atoms with Gasteiger partial charge in [-0.2, -0.15) is 0 Å². The zero-order chi connectivity index (χ0) is 22.7. The first kappa shape index (κ1) is 21.8. The van der Waals surface area contributed by atoms with Crippen LogP contribution in [0.1, 0.15) is 29.7 Å². The van der Waals surface area contributed by atoms with E-state index < -0.39 is 11.8 Å². The van der Waals surface area contributed by atoms with Crippen molar-refractivity contribution in [2.75, 3.05) is 31.5 Å². The van der Waals surface area contributed by atoms with Crippen LogP contribution in [0.15, 0.2) is 42.6 Å². The molecule has 0 saturated carbocycles. The van der Waals surface area contributed by atoms with Crippen molar-refractivity contribution >= 4 is 23.5 Å². The zero-order valence-electron chi connectivity index (χ0n) is 18.6. The molecule has 2 aliphatic rings. The Balaban J connectivity index is 1.29. The minimum Gasteiger partial charge on any atom is -0.330 e. The third kappa shape index (κ3) is 4.74. The molecule has 8 nitrogen and oxygen atoms in total. The SMILES string of the molecule is Cc1ccc(NC(=O)N2CCC(N3CCN(Cc4ccccn4)C(=O)C3=O)CC2)cc1C. The van der Waals surface area contributed by atoms with Gasteiger partial charge >= 0.3 is 17.8 Å². The van der Waals surface area contributed by atoms with Crippen LogP contribution in [0.3, 0.4) is 0 Å². The fourth-order valence-corrected chi connectivity index (χ4v) is 4.28. The summed E-state index contributed by atoms with van der Waals surface area (Å²) >= 11 is 0. The first-order valence-corrected chi connectivity index (χ1v) is 11.1. The molecule has 168 valence electrons. The van der Waals surface area contributed by atoms with Gasteiger partial charge in [-0.3, -0.25) is 14.6 Å². The number of aromatic nitrogens is 1. The smallest absolute Gasteiger partial charge is 0.321 e. The van der Waals surface area contributed by atoms with Crippen LogP contribution in [-0.4, -0.2) is 69.8 Å². The molecule has 2 saturated heterocycles. The van der Waals surface area contributed by atoms with Gasteiger partial charge in [0.05, 0.1) is 12.2 Å². The molecule has 4 rings (SSSR count).